The van der Waals surface area contributed by atoms with Gasteiger partial charge in [0.1, 0.15) is 5.75 Å². The molecule has 1 aliphatic heterocycles. The van der Waals surface area contributed by atoms with Crippen LogP contribution in [0.2, 0.25) is 5.02 Å². The lowest BCUT2D eigenvalue weighted by Crippen LogP contribution is -2.46. The van der Waals surface area contributed by atoms with Gasteiger partial charge in [0.2, 0.25) is 0 Å². The molecule has 0 radical (unpaired) electrons. The van der Waals surface area contributed by atoms with Crippen molar-refractivity contribution in [2.75, 3.05) is 33.3 Å². The number of rotatable bonds is 2. The third kappa shape index (κ3) is 3.28. The van der Waals surface area contributed by atoms with Crippen molar-refractivity contribution in [1.82, 2.24) is 10.2 Å². The van der Waals surface area contributed by atoms with Gasteiger partial charge in [0.05, 0.1) is 12.1 Å². The smallest absolute Gasteiger partial charge is 0.254 e. The number of carbonyl (C=O) groups excluding carboxylic acids is 1. The number of methoxy groups -OCH3 is 1. The first kappa shape index (κ1) is 15.1. The summed E-state index contributed by atoms with van der Waals surface area (Å²) < 4.78 is 5.11. The molecule has 1 aromatic carbocycles. The molecule has 1 aliphatic rings. The van der Waals surface area contributed by atoms with E-state index in [2.05, 4.69) is 5.32 Å². The Hall–Kier alpha value is -0.970. The number of piperazine rings is 1. The van der Waals surface area contributed by atoms with Crippen molar-refractivity contribution in [2.45, 2.75) is 0 Å². The first-order valence-corrected chi connectivity index (χ1v) is 5.93. The fraction of sp³-hybridized carbons (Fsp3) is 0.417. The molecule has 1 amide bonds. The quantitative estimate of drug-likeness (QED) is 0.903. The Kier molecular flexibility index (Phi) is 5.72. The van der Waals surface area contributed by atoms with Crippen LogP contribution in [0, 0.1) is 0 Å². The third-order valence-electron chi connectivity index (χ3n) is 2.80. The van der Waals surface area contributed by atoms with E-state index in [1.807, 2.05) is 4.90 Å². The van der Waals surface area contributed by atoms with E-state index in [-0.39, 0.29) is 18.3 Å². The molecule has 0 aliphatic carbocycles. The molecule has 1 saturated heterocycles. The van der Waals surface area contributed by atoms with E-state index in [0.717, 1.165) is 26.2 Å². The minimum atomic E-state index is 0. The predicted octanol–water partition coefficient (Wildman–Crippen LogP) is 1.82. The molecule has 0 bridgehead atoms. The summed E-state index contributed by atoms with van der Waals surface area (Å²) in [5.74, 6) is 0.564. The summed E-state index contributed by atoms with van der Waals surface area (Å²) in [5.41, 5.74) is 0.619. The van der Waals surface area contributed by atoms with Crippen molar-refractivity contribution in [3.8, 4) is 5.75 Å². The van der Waals surface area contributed by atoms with Crippen LogP contribution in [0.4, 0.5) is 0 Å². The topological polar surface area (TPSA) is 41.6 Å². The minimum absolute atomic E-state index is 0. The van der Waals surface area contributed by atoms with E-state index in [9.17, 15) is 4.79 Å². The van der Waals surface area contributed by atoms with Crippen LogP contribution in [0.3, 0.4) is 0 Å². The van der Waals surface area contributed by atoms with Gasteiger partial charge in [-0.05, 0) is 18.2 Å². The third-order valence-corrected chi connectivity index (χ3v) is 3.11. The van der Waals surface area contributed by atoms with E-state index < -0.39 is 0 Å². The van der Waals surface area contributed by atoms with Gasteiger partial charge >= 0.3 is 0 Å². The maximum atomic E-state index is 12.2. The van der Waals surface area contributed by atoms with Crippen molar-refractivity contribution in [3.63, 3.8) is 0 Å². The van der Waals surface area contributed by atoms with E-state index in [0.29, 0.717) is 16.3 Å². The van der Waals surface area contributed by atoms with Crippen molar-refractivity contribution in [3.05, 3.63) is 28.8 Å². The molecule has 100 valence electrons. The van der Waals surface area contributed by atoms with Crippen molar-refractivity contribution in [1.29, 1.82) is 0 Å². The standard InChI is InChI=1S/C12H15ClN2O2.ClH/c1-17-11-8-9(2-3-10(11)13)12(16)15-6-4-14-5-7-15;/h2-3,8,14H,4-7H2,1H3;1H. The van der Waals surface area contributed by atoms with E-state index in [1.165, 1.54) is 0 Å². The van der Waals surface area contributed by atoms with Crippen LogP contribution in [-0.4, -0.2) is 44.1 Å². The summed E-state index contributed by atoms with van der Waals surface area (Å²) >= 11 is 5.93. The van der Waals surface area contributed by atoms with Gasteiger partial charge in [-0.15, -0.1) is 12.4 Å². The molecule has 0 unspecified atom stereocenters. The van der Waals surface area contributed by atoms with E-state index in [1.54, 1.807) is 25.3 Å². The van der Waals surface area contributed by atoms with Gasteiger partial charge in [-0.2, -0.15) is 0 Å². The molecule has 0 aromatic heterocycles. The van der Waals surface area contributed by atoms with Crippen molar-refractivity contribution >= 4 is 29.9 Å². The Morgan fingerprint density at radius 2 is 2.06 bits per heavy atom. The SMILES string of the molecule is COc1cc(C(=O)N2CCNCC2)ccc1Cl.Cl. The van der Waals surface area contributed by atoms with E-state index in [4.69, 9.17) is 16.3 Å². The number of ether oxygens (including phenoxy) is 1. The van der Waals surface area contributed by atoms with Crippen LogP contribution in [0.5, 0.6) is 5.75 Å². The zero-order valence-electron chi connectivity index (χ0n) is 10.1. The fourth-order valence-electron chi connectivity index (χ4n) is 1.84. The molecule has 18 heavy (non-hydrogen) atoms. The second kappa shape index (κ2) is 6.83. The van der Waals surface area contributed by atoms with Gasteiger partial charge in [-0.3, -0.25) is 4.79 Å². The predicted molar refractivity (Wildman–Crippen MR) is 74.0 cm³/mol. The highest BCUT2D eigenvalue weighted by Gasteiger charge is 2.18. The lowest BCUT2D eigenvalue weighted by atomic mass is 10.1. The summed E-state index contributed by atoms with van der Waals surface area (Å²) in [4.78, 5) is 14.0. The van der Waals surface area contributed by atoms with Crippen LogP contribution in [0.1, 0.15) is 10.4 Å². The van der Waals surface area contributed by atoms with Gasteiger partial charge in [0, 0.05) is 31.7 Å². The van der Waals surface area contributed by atoms with Gasteiger partial charge in [0.25, 0.3) is 5.91 Å². The second-order valence-electron chi connectivity index (χ2n) is 3.89. The number of carbonyl (C=O) groups is 1. The normalized spacial score (nSPS) is 14.9. The molecule has 1 heterocycles. The summed E-state index contributed by atoms with van der Waals surface area (Å²) in [6, 6.07) is 5.11. The van der Waals surface area contributed by atoms with Crippen LogP contribution in [-0.2, 0) is 0 Å². The van der Waals surface area contributed by atoms with Crippen LogP contribution >= 0.6 is 24.0 Å². The van der Waals surface area contributed by atoms with Crippen molar-refractivity contribution in [2.24, 2.45) is 0 Å². The zero-order chi connectivity index (χ0) is 12.3. The molecule has 1 N–H and O–H groups in total. The maximum absolute atomic E-state index is 12.2. The molecule has 4 nitrogen and oxygen atoms in total. The summed E-state index contributed by atoms with van der Waals surface area (Å²) in [6.45, 7) is 3.17. The summed E-state index contributed by atoms with van der Waals surface area (Å²) in [7, 11) is 1.54. The summed E-state index contributed by atoms with van der Waals surface area (Å²) in [6.07, 6.45) is 0. The highest BCUT2D eigenvalue weighted by Crippen LogP contribution is 2.25. The highest BCUT2D eigenvalue weighted by atomic mass is 35.5. The Balaban J connectivity index is 0.00000162. The fourth-order valence-corrected chi connectivity index (χ4v) is 2.04. The van der Waals surface area contributed by atoms with Gasteiger partial charge < -0.3 is 15.0 Å². The number of halogens is 2. The average molecular weight is 291 g/mol. The van der Waals surface area contributed by atoms with Gasteiger partial charge in [0.15, 0.2) is 0 Å². The Morgan fingerprint density at radius 1 is 1.39 bits per heavy atom. The van der Waals surface area contributed by atoms with Crippen LogP contribution in [0.15, 0.2) is 18.2 Å². The lowest BCUT2D eigenvalue weighted by Gasteiger charge is -2.27. The van der Waals surface area contributed by atoms with Crippen molar-refractivity contribution < 1.29 is 9.53 Å². The zero-order valence-corrected chi connectivity index (χ0v) is 11.7. The number of nitrogens with one attached hydrogen (secondary N) is 1. The summed E-state index contributed by atoms with van der Waals surface area (Å²) in [5, 5.41) is 3.73. The Bertz CT molecular complexity index is 421. The van der Waals surface area contributed by atoms with Gasteiger partial charge in [-0.25, -0.2) is 0 Å². The number of hydrogen-bond acceptors (Lipinski definition) is 3. The maximum Gasteiger partial charge on any atom is 0.254 e. The first-order valence-electron chi connectivity index (χ1n) is 5.56. The number of nitrogens with zero attached hydrogens (tertiary/aromatic N) is 1. The van der Waals surface area contributed by atoms with Crippen LogP contribution < -0.4 is 10.1 Å². The lowest BCUT2D eigenvalue weighted by molar-refractivity contribution is 0.0735. The molecule has 6 heteroatoms. The number of benzene rings is 1. The Labute approximate surface area is 118 Å². The van der Waals surface area contributed by atoms with E-state index >= 15 is 0 Å². The number of amides is 1. The molecule has 0 spiro atoms. The van der Waals surface area contributed by atoms with Crippen LogP contribution in [0.25, 0.3) is 0 Å². The molecule has 0 atom stereocenters. The number of hydrogen-bond donors (Lipinski definition) is 1. The largest absolute Gasteiger partial charge is 0.495 e. The first-order chi connectivity index (χ1) is 8.22. The molecule has 2 rings (SSSR count). The highest BCUT2D eigenvalue weighted by molar-refractivity contribution is 6.32. The molecular formula is C12H16Cl2N2O2. The minimum Gasteiger partial charge on any atom is -0.495 e. The average Bonchev–Trinajstić information content (AvgIpc) is 2.39. The molecular weight excluding hydrogens is 275 g/mol. The molecule has 0 saturated carbocycles. The van der Waals surface area contributed by atoms with Gasteiger partial charge in [-0.1, -0.05) is 11.6 Å². The Morgan fingerprint density at radius 3 is 2.67 bits per heavy atom. The molecule has 1 aromatic rings. The monoisotopic (exact) mass is 290 g/mol. The second-order valence-corrected chi connectivity index (χ2v) is 4.30. The molecule has 1 fully saturated rings.